The number of aliphatic hydroxyl groups is 1. The number of nitrogens with zero attached hydrogens (tertiary/aromatic N) is 1. The Hall–Kier alpha value is -0.930. The van der Waals surface area contributed by atoms with Crippen molar-refractivity contribution in [2.45, 2.75) is 39.2 Å². The lowest BCUT2D eigenvalue weighted by molar-refractivity contribution is -0.0440. The third-order valence-electron chi connectivity index (χ3n) is 3.49. The number of ether oxygens (including phenoxy) is 1. The molecule has 0 spiro atoms. The molecule has 0 aliphatic carbocycles. The Kier molecular flexibility index (Phi) is 5.99. The van der Waals surface area contributed by atoms with Gasteiger partial charge in [0.2, 0.25) is 10.0 Å². The second kappa shape index (κ2) is 7.56. The summed E-state index contributed by atoms with van der Waals surface area (Å²) in [5, 5.41) is 12.0. The molecule has 0 amide bonds. The number of rotatable bonds is 7. The summed E-state index contributed by atoms with van der Waals surface area (Å²) in [4.78, 5) is 0. The van der Waals surface area contributed by atoms with E-state index in [0.29, 0.717) is 37.7 Å². The zero-order valence-electron chi connectivity index (χ0n) is 13.0. The highest BCUT2D eigenvalue weighted by Gasteiger charge is 2.30. The van der Waals surface area contributed by atoms with E-state index in [2.05, 4.69) is 5.32 Å². The van der Waals surface area contributed by atoms with Crippen molar-refractivity contribution in [3.63, 3.8) is 0 Å². The van der Waals surface area contributed by atoms with Gasteiger partial charge in [-0.1, -0.05) is 0 Å². The van der Waals surface area contributed by atoms with Gasteiger partial charge in [0.05, 0.1) is 24.5 Å². The first-order valence-electron chi connectivity index (χ1n) is 7.43. The third kappa shape index (κ3) is 4.79. The highest BCUT2D eigenvalue weighted by Crippen LogP contribution is 2.14. The number of furan rings is 1. The molecule has 2 N–H and O–H groups in total. The number of hydrogen-bond donors (Lipinski definition) is 2. The Bertz CT molecular complexity index is 562. The van der Waals surface area contributed by atoms with E-state index < -0.39 is 10.0 Å². The Labute approximate surface area is 131 Å². The van der Waals surface area contributed by atoms with Crippen LogP contribution in [0.3, 0.4) is 0 Å². The Morgan fingerprint density at radius 1 is 1.27 bits per heavy atom. The molecular formula is C14H24N2O5S. The topological polar surface area (TPSA) is 92.0 Å². The molecule has 126 valence electrons. The fourth-order valence-electron chi connectivity index (χ4n) is 2.50. The predicted octanol–water partition coefficient (Wildman–Crippen LogP) is 0.301. The van der Waals surface area contributed by atoms with E-state index >= 15 is 0 Å². The van der Waals surface area contributed by atoms with Crippen LogP contribution in [0.4, 0.5) is 0 Å². The fraction of sp³-hybridized carbons (Fsp3) is 0.714. The lowest BCUT2D eigenvalue weighted by Gasteiger charge is -2.34. The zero-order chi connectivity index (χ0) is 16.2. The maximum Gasteiger partial charge on any atom is 0.215 e. The van der Waals surface area contributed by atoms with Crippen molar-refractivity contribution in [3.8, 4) is 0 Å². The van der Waals surface area contributed by atoms with Crippen LogP contribution in [0.5, 0.6) is 0 Å². The van der Waals surface area contributed by atoms with Crippen LogP contribution in [0.25, 0.3) is 0 Å². The van der Waals surface area contributed by atoms with E-state index in [4.69, 9.17) is 14.3 Å². The van der Waals surface area contributed by atoms with Crippen LogP contribution < -0.4 is 5.32 Å². The SMILES string of the molecule is C[C@@H]1CN(S(=O)(=O)CCNCc2ccc(CO)o2)C[C@H](C)O1. The molecule has 1 aromatic rings. The first-order valence-corrected chi connectivity index (χ1v) is 9.04. The summed E-state index contributed by atoms with van der Waals surface area (Å²) in [6, 6.07) is 3.46. The Balaban J connectivity index is 1.77. The summed E-state index contributed by atoms with van der Waals surface area (Å²) < 4.78 is 37.0. The van der Waals surface area contributed by atoms with E-state index in [1.807, 2.05) is 13.8 Å². The van der Waals surface area contributed by atoms with Crippen LogP contribution in [0, 0.1) is 0 Å². The quantitative estimate of drug-likeness (QED) is 0.698. The molecule has 7 nitrogen and oxygen atoms in total. The van der Waals surface area contributed by atoms with Crippen molar-refractivity contribution in [1.82, 2.24) is 9.62 Å². The average molecular weight is 332 g/mol. The van der Waals surface area contributed by atoms with Crippen molar-refractivity contribution in [1.29, 1.82) is 0 Å². The fourth-order valence-corrected chi connectivity index (χ4v) is 4.04. The van der Waals surface area contributed by atoms with Gasteiger partial charge < -0.3 is 19.6 Å². The molecule has 1 aliphatic heterocycles. The van der Waals surface area contributed by atoms with Gasteiger partial charge in [0, 0.05) is 19.6 Å². The van der Waals surface area contributed by atoms with Crippen molar-refractivity contribution >= 4 is 10.0 Å². The van der Waals surface area contributed by atoms with Gasteiger partial charge in [-0.25, -0.2) is 8.42 Å². The van der Waals surface area contributed by atoms with E-state index in [1.165, 1.54) is 4.31 Å². The molecule has 1 aromatic heterocycles. The molecule has 2 atom stereocenters. The molecule has 0 unspecified atom stereocenters. The normalized spacial score (nSPS) is 23.8. The molecule has 0 saturated carbocycles. The molecule has 1 fully saturated rings. The predicted molar refractivity (Wildman–Crippen MR) is 81.7 cm³/mol. The highest BCUT2D eigenvalue weighted by molar-refractivity contribution is 7.89. The molecule has 8 heteroatoms. The van der Waals surface area contributed by atoms with Gasteiger partial charge in [0.1, 0.15) is 18.1 Å². The molecular weight excluding hydrogens is 308 g/mol. The number of sulfonamides is 1. The molecule has 1 saturated heterocycles. The zero-order valence-corrected chi connectivity index (χ0v) is 13.8. The van der Waals surface area contributed by atoms with Crippen molar-refractivity contribution in [3.05, 3.63) is 23.7 Å². The van der Waals surface area contributed by atoms with E-state index in [9.17, 15) is 8.42 Å². The first kappa shape index (κ1) is 17.4. The summed E-state index contributed by atoms with van der Waals surface area (Å²) >= 11 is 0. The smallest absolute Gasteiger partial charge is 0.215 e. The molecule has 2 rings (SSSR count). The Morgan fingerprint density at radius 3 is 2.50 bits per heavy atom. The minimum Gasteiger partial charge on any atom is -0.462 e. The van der Waals surface area contributed by atoms with Gasteiger partial charge in [-0.3, -0.25) is 0 Å². The number of hydrogen-bond acceptors (Lipinski definition) is 6. The molecule has 0 aromatic carbocycles. The molecule has 22 heavy (non-hydrogen) atoms. The largest absolute Gasteiger partial charge is 0.462 e. The summed E-state index contributed by atoms with van der Waals surface area (Å²) in [6.07, 6.45) is -0.155. The minimum atomic E-state index is -3.28. The van der Waals surface area contributed by atoms with Crippen molar-refractivity contribution in [2.24, 2.45) is 0 Å². The van der Waals surface area contributed by atoms with Gasteiger partial charge in [0.15, 0.2) is 0 Å². The summed E-state index contributed by atoms with van der Waals surface area (Å²) in [6.45, 7) is 5.22. The van der Waals surface area contributed by atoms with Gasteiger partial charge >= 0.3 is 0 Å². The third-order valence-corrected chi connectivity index (χ3v) is 5.29. The van der Waals surface area contributed by atoms with E-state index in [0.717, 1.165) is 0 Å². The summed E-state index contributed by atoms with van der Waals surface area (Å²) in [5.74, 6) is 1.22. The average Bonchev–Trinajstić information content (AvgIpc) is 2.90. The van der Waals surface area contributed by atoms with Crippen LogP contribution in [0.2, 0.25) is 0 Å². The van der Waals surface area contributed by atoms with Crippen LogP contribution in [-0.4, -0.2) is 55.4 Å². The number of aliphatic hydroxyl groups excluding tert-OH is 1. The van der Waals surface area contributed by atoms with Crippen molar-refractivity contribution < 1.29 is 22.7 Å². The van der Waals surface area contributed by atoms with Gasteiger partial charge in [-0.15, -0.1) is 0 Å². The van der Waals surface area contributed by atoms with Gasteiger partial charge in [0.25, 0.3) is 0 Å². The minimum absolute atomic E-state index is 0.0417. The number of nitrogens with one attached hydrogen (secondary N) is 1. The van der Waals surface area contributed by atoms with Gasteiger partial charge in [-0.2, -0.15) is 4.31 Å². The maximum atomic E-state index is 12.3. The molecule has 0 radical (unpaired) electrons. The molecule has 0 bridgehead atoms. The van der Waals surface area contributed by atoms with E-state index in [1.54, 1.807) is 12.1 Å². The summed E-state index contributed by atoms with van der Waals surface area (Å²) in [7, 11) is -3.28. The Morgan fingerprint density at radius 2 is 1.91 bits per heavy atom. The van der Waals surface area contributed by atoms with Crippen LogP contribution in [0.15, 0.2) is 16.5 Å². The van der Waals surface area contributed by atoms with Crippen LogP contribution >= 0.6 is 0 Å². The van der Waals surface area contributed by atoms with Crippen molar-refractivity contribution in [2.75, 3.05) is 25.4 Å². The second-order valence-electron chi connectivity index (χ2n) is 5.59. The van der Waals surface area contributed by atoms with Crippen LogP contribution in [-0.2, 0) is 27.9 Å². The summed E-state index contributed by atoms with van der Waals surface area (Å²) in [5.41, 5.74) is 0. The highest BCUT2D eigenvalue weighted by atomic mass is 32.2. The lowest BCUT2D eigenvalue weighted by atomic mass is 10.3. The maximum absolute atomic E-state index is 12.3. The van der Waals surface area contributed by atoms with Gasteiger partial charge in [-0.05, 0) is 26.0 Å². The second-order valence-corrected chi connectivity index (χ2v) is 7.68. The molecule has 2 heterocycles. The first-order chi connectivity index (χ1) is 10.4. The standard InChI is InChI=1S/C14H24N2O5S/c1-11-8-16(9-12(2)20-11)22(18,19)6-5-15-7-13-3-4-14(10-17)21-13/h3-4,11-12,15,17H,5-10H2,1-2H3/t11-,12+. The van der Waals surface area contributed by atoms with E-state index in [-0.39, 0.29) is 24.6 Å². The monoisotopic (exact) mass is 332 g/mol. The molecule has 1 aliphatic rings. The number of morpholine rings is 1. The van der Waals surface area contributed by atoms with Crippen LogP contribution in [0.1, 0.15) is 25.4 Å². The lowest BCUT2D eigenvalue weighted by Crippen LogP contribution is -2.49.